The lowest BCUT2D eigenvalue weighted by molar-refractivity contribution is -0.147. The second-order valence-electron chi connectivity index (χ2n) is 16.5. The van der Waals surface area contributed by atoms with Crippen molar-refractivity contribution in [3.8, 4) is 0 Å². The van der Waals surface area contributed by atoms with Gasteiger partial charge in [0.15, 0.2) is 0 Å². The number of urea groups is 1. The van der Waals surface area contributed by atoms with Gasteiger partial charge in [-0.15, -0.1) is 0 Å². The number of likely N-dealkylation sites (tertiary alicyclic amines) is 1. The van der Waals surface area contributed by atoms with Gasteiger partial charge in [-0.3, -0.25) is 24.0 Å². The molecule has 1 saturated carbocycles. The number of carbonyl (C=O) groups is 6. The molecule has 0 bridgehead atoms. The molecule has 0 radical (unpaired) electrons. The normalized spacial score (nSPS) is 19.5. The molecule has 1 aromatic carbocycles. The lowest BCUT2D eigenvalue weighted by Crippen LogP contribution is -2.60. The van der Waals surface area contributed by atoms with Gasteiger partial charge in [0.05, 0.1) is 6.04 Å². The number of nitrogens with two attached hydrogens (primary N) is 1. The third-order valence-electron chi connectivity index (χ3n) is 9.14. The molecule has 2 fully saturated rings. The smallest absolute Gasteiger partial charge is 0.326 e. The Bertz CT molecular complexity index is 1330. The Kier molecular flexibility index (Phi) is 15.5. The number of ether oxygens (including phenoxy) is 1. The number of carbonyl (C=O) groups excluding carboxylic acids is 6. The third kappa shape index (κ3) is 13.1. The van der Waals surface area contributed by atoms with E-state index in [1.807, 2.05) is 51.1 Å². The minimum atomic E-state index is -1.11. The zero-order valence-electron chi connectivity index (χ0n) is 31.8. The van der Waals surface area contributed by atoms with E-state index < -0.39 is 71.7 Å². The highest BCUT2D eigenvalue weighted by Crippen LogP contribution is 2.38. The van der Waals surface area contributed by atoms with Gasteiger partial charge in [0.1, 0.15) is 24.7 Å². The van der Waals surface area contributed by atoms with Crippen LogP contribution >= 0.6 is 0 Å². The number of Topliss-reactive ketones (excluding diaryl/α,β-unsaturated/α-hetero) is 1. The van der Waals surface area contributed by atoms with E-state index in [0.717, 1.165) is 30.7 Å². The van der Waals surface area contributed by atoms with Crippen LogP contribution in [0.2, 0.25) is 0 Å². The lowest BCUT2D eigenvalue weighted by atomic mass is 9.79. The zero-order valence-corrected chi connectivity index (χ0v) is 31.8. The molecule has 1 aromatic rings. The topological polar surface area (TPSA) is 177 Å². The van der Waals surface area contributed by atoms with Gasteiger partial charge in [-0.25, -0.2) is 4.79 Å². The molecule has 5 amide bonds. The van der Waals surface area contributed by atoms with Crippen molar-refractivity contribution in [2.45, 2.75) is 126 Å². The van der Waals surface area contributed by atoms with E-state index in [4.69, 9.17) is 10.5 Å². The minimum Gasteiger partial charge on any atom is -0.456 e. The summed E-state index contributed by atoms with van der Waals surface area (Å²) in [6.45, 7) is 19.5. The average Bonchev–Trinajstić information content (AvgIpc) is 3.45. The van der Waals surface area contributed by atoms with Gasteiger partial charge in [0.2, 0.25) is 17.6 Å². The van der Waals surface area contributed by atoms with Crippen molar-refractivity contribution in [2.24, 2.45) is 34.3 Å². The number of benzene rings is 1. The van der Waals surface area contributed by atoms with Crippen molar-refractivity contribution in [1.29, 1.82) is 0 Å². The second-order valence-corrected chi connectivity index (χ2v) is 16.5. The van der Waals surface area contributed by atoms with Gasteiger partial charge >= 0.3 is 12.0 Å². The highest BCUT2D eigenvalue weighted by atomic mass is 16.5. The van der Waals surface area contributed by atoms with E-state index in [1.54, 1.807) is 27.7 Å². The molecule has 1 aliphatic heterocycles. The van der Waals surface area contributed by atoms with Gasteiger partial charge in [0, 0.05) is 6.54 Å². The van der Waals surface area contributed by atoms with E-state index >= 15 is 0 Å². The van der Waals surface area contributed by atoms with Crippen LogP contribution in [0.4, 0.5) is 4.79 Å². The molecule has 0 aromatic heterocycles. The molecule has 50 heavy (non-hydrogen) atoms. The van der Waals surface area contributed by atoms with Crippen LogP contribution < -0.4 is 21.7 Å². The summed E-state index contributed by atoms with van der Waals surface area (Å²) >= 11 is 0. The number of rotatable bonds is 12. The molecule has 12 heteroatoms. The van der Waals surface area contributed by atoms with Crippen molar-refractivity contribution in [2.75, 3.05) is 13.1 Å². The van der Waals surface area contributed by atoms with Crippen LogP contribution in [0.1, 0.15) is 113 Å². The number of esters is 1. The number of hydrogen-bond acceptors (Lipinski definition) is 7. The van der Waals surface area contributed by atoms with Gasteiger partial charge in [0.25, 0.3) is 5.91 Å². The summed E-state index contributed by atoms with van der Waals surface area (Å²) in [7, 11) is 0. The summed E-state index contributed by atoms with van der Waals surface area (Å²) in [6, 6.07) is 5.41. The van der Waals surface area contributed by atoms with E-state index in [0.29, 0.717) is 12.8 Å². The predicted octanol–water partition coefficient (Wildman–Crippen LogP) is 4.66. The molecular weight excluding hydrogens is 638 g/mol. The first-order valence-corrected chi connectivity index (χ1v) is 17.8. The summed E-state index contributed by atoms with van der Waals surface area (Å²) in [5.41, 5.74) is 5.09. The molecule has 1 heterocycles. The molecule has 1 aliphatic carbocycles. The number of amides is 5. The highest BCUT2D eigenvalue weighted by Gasteiger charge is 2.48. The van der Waals surface area contributed by atoms with E-state index in [9.17, 15) is 28.8 Å². The van der Waals surface area contributed by atoms with E-state index in [-0.39, 0.29) is 23.8 Å². The van der Waals surface area contributed by atoms with E-state index in [2.05, 4.69) is 36.7 Å². The monoisotopic (exact) mass is 699 g/mol. The quantitative estimate of drug-likeness (QED) is 0.181. The molecule has 12 nitrogen and oxygen atoms in total. The summed E-state index contributed by atoms with van der Waals surface area (Å²) < 4.78 is 5.42. The molecule has 5 atom stereocenters. The molecule has 0 spiro atoms. The molecule has 2 aliphatic rings. The molecule has 280 valence electrons. The Morgan fingerprint density at radius 3 is 1.98 bits per heavy atom. The SMILES string of the molecule is CC(C)C.CC(OC(=O)CNC(=O)NC(C(=O)N1C[C@H](C(C)(C)C)CC1C(=O)NC(CC1CCC1)C(=O)C(N)=O)C(C)(C)C)c1ccccc1. The maximum absolute atomic E-state index is 14.2. The van der Waals surface area contributed by atoms with Crippen molar-refractivity contribution < 1.29 is 33.5 Å². The summed E-state index contributed by atoms with van der Waals surface area (Å²) in [5.74, 6) is -2.62. The van der Waals surface area contributed by atoms with Crippen molar-refractivity contribution >= 4 is 35.5 Å². The Morgan fingerprint density at radius 1 is 0.920 bits per heavy atom. The second kappa shape index (κ2) is 18.3. The van der Waals surface area contributed by atoms with Crippen molar-refractivity contribution in [3.05, 3.63) is 35.9 Å². The Hall–Kier alpha value is -3.96. The molecule has 3 rings (SSSR count). The fourth-order valence-corrected chi connectivity index (χ4v) is 5.87. The first-order valence-electron chi connectivity index (χ1n) is 17.8. The molecular formula is C38H61N5O7. The third-order valence-corrected chi connectivity index (χ3v) is 9.14. The fourth-order valence-electron chi connectivity index (χ4n) is 5.87. The standard InChI is InChI=1S/C34H51N5O7.C4H10/c1-20(22-14-9-8-10-15-22)46-26(40)18-36-32(45)38-28(34(5,6)7)31(44)39-19-23(33(2,3)4)17-25(39)30(43)37-24(27(41)29(35)42)16-21-12-11-13-21;1-4(2)3/h8-10,14-15,20-21,23-25,28H,11-13,16-19H2,1-7H3,(H2,35,42)(H,37,43)(H2,36,38,45);4H,1-3H3/t20?,23-,24?,25?,28?;/m1./s1. The summed E-state index contributed by atoms with van der Waals surface area (Å²) in [5, 5.41) is 7.92. The molecule has 5 N–H and O–H groups in total. The maximum atomic E-state index is 14.2. The minimum absolute atomic E-state index is 0.0556. The van der Waals surface area contributed by atoms with Crippen molar-refractivity contribution in [1.82, 2.24) is 20.9 Å². The first kappa shape index (κ1) is 42.2. The van der Waals surface area contributed by atoms with Gasteiger partial charge in [-0.2, -0.15) is 0 Å². The number of hydrogen-bond donors (Lipinski definition) is 4. The number of ketones is 1. The highest BCUT2D eigenvalue weighted by molar-refractivity contribution is 6.37. The largest absolute Gasteiger partial charge is 0.456 e. The first-order chi connectivity index (χ1) is 23.1. The van der Waals surface area contributed by atoms with Crippen LogP contribution in [0.5, 0.6) is 0 Å². The summed E-state index contributed by atoms with van der Waals surface area (Å²) in [4.78, 5) is 79.3. The van der Waals surface area contributed by atoms with Crippen LogP contribution in [-0.4, -0.2) is 71.6 Å². The zero-order chi connectivity index (χ0) is 38.0. The maximum Gasteiger partial charge on any atom is 0.326 e. The lowest BCUT2D eigenvalue weighted by Gasteiger charge is -2.36. The Balaban J connectivity index is 0.00000205. The average molecular weight is 700 g/mol. The summed E-state index contributed by atoms with van der Waals surface area (Å²) in [6.07, 6.45) is 2.98. The Labute approximate surface area is 298 Å². The van der Waals surface area contributed by atoms with Crippen LogP contribution in [0.25, 0.3) is 0 Å². The Morgan fingerprint density at radius 2 is 1.50 bits per heavy atom. The number of nitrogens with zero attached hydrogens (tertiary/aromatic N) is 1. The number of primary amides is 1. The van der Waals surface area contributed by atoms with Crippen LogP contribution in [0, 0.1) is 28.6 Å². The molecule has 4 unspecified atom stereocenters. The van der Waals surface area contributed by atoms with Gasteiger partial charge < -0.3 is 31.3 Å². The van der Waals surface area contributed by atoms with E-state index in [1.165, 1.54) is 4.90 Å². The van der Waals surface area contributed by atoms with Crippen LogP contribution in [0.15, 0.2) is 30.3 Å². The van der Waals surface area contributed by atoms with Crippen LogP contribution in [-0.2, 0) is 28.7 Å². The molecule has 1 saturated heterocycles. The van der Waals surface area contributed by atoms with Crippen molar-refractivity contribution in [3.63, 3.8) is 0 Å². The van der Waals surface area contributed by atoms with Crippen LogP contribution in [0.3, 0.4) is 0 Å². The van der Waals surface area contributed by atoms with Gasteiger partial charge in [-0.05, 0) is 53.9 Å². The number of nitrogens with one attached hydrogen (secondary N) is 3. The predicted molar refractivity (Wildman–Crippen MR) is 192 cm³/mol. The fraction of sp³-hybridized carbons (Fsp3) is 0.684. The van der Waals surface area contributed by atoms with Gasteiger partial charge in [-0.1, -0.05) is 112 Å².